The van der Waals surface area contributed by atoms with Gasteiger partial charge in [-0.15, -0.1) is 0 Å². The van der Waals surface area contributed by atoms with Crippen molar-refractivity contribution in [3.8, 4) is 5.75 Å². The van der Waals surface area contributed by atoms with Crippen LogP contribution in [-0.4, -0.2) is 39.8 Å². The predicted octanol–water partition coefficient (Wildman–Crippen LogP) is 1.64. The third kappa shape index (κ3) is 7.11. The van der Waals surface area contributed by atoms with Crippen molar-refractivity contribution in [1.29, 1.82) is 0 Å². The van der Waals surface area contributed by atoms with Gasteiger partial charge in [-0.1, -0.05) is 12.1 Å². The van der Waals surface area contributed by atoms with Gasteiger partial charge in [-0.3, -0.25) is 4.79 Å². The number of nitrogens with one attached hydrogen (secondary N) is 2. The second-order valence-corrected chi connectivity index (χ2v) is 4.94. The largest absolute Gasteiger partial charge is 0.491 e. The van der Waals surface area contributed by atoms with Gasteiger partial charge in [0.05, 0.1) is 6.61 Å². The lowest BCUT2D eigenvalue weighted by Gasteiger charge is -2.13. The van der Waals surface area contributed by atoms with Crippen molar-refractivity contribution in [3.63, 3.8) is 0 Å². The maximum absolute atomic E-state index is 11.7. The van der Waals surface area contributed by atoms with E-state index in [1.165, 1.54) is 0 Å². The first-order chi connectivity index (χ1) is 10.2. The average Bonchev–Trinajstić information content (AvgIpc) is 2.47. The Hall–Kier alpha value is -1.59. The molecule has 1 aromatic rings. The zero-order valence-corrected chi connectivity index (χ0v) is 13.2. The lowest BCUT2D eigenvalue weighted by molar-refractivity contribution is -0.121. The number of hydrogen-bond donors (Lipinski definition) is 2. The van der Waals surface area contributed by atoms with Gasteiger partial charge < -0.3 is 20.1 Å². The summed E-state index contributed by atoms with van der Waals surface area (Å²) in [6.45, 7) is 4.40. The van der Waals surface area contributed by atoms with Gasteiger partial charge in [0, 0.05) is 25.6 Å². The molecule has 118 valence electrons. The number of amides is 1. The molecule has 0 aromatic heterocycles. The molecule has 0 saturated heterocycles. The molecule has 2 N–H and O–H groups in total. The fraction of sp³-hybridized carbons (Fsp3) is 0.562. The molecule has 1 rings (SSSR count). The Kier molecular flexibility index (Phi) is 8.47. The standard InChI is InChI=1S/C16H26N2O3/c1-13-6-7-14(15(11-13)21-10-9-20-3)12-18-16(19)5-4-8-17-2/h6-7,11,17H,4-5,8-10,12H2,1-3H3,(H,18,19). The summed E-state index contributed by atoms with van der Waals surface area (Å²) in [5, 5.41) is 5.96. The minimum absolute atomic E-state index is 0.0636. The summed E-state index contributed by atoms with van der Waals surface area (Å²) < 4.78 is 10.7. The summed E-state index contributed by atoms with van der Waals surface area (Å²) in [5.74, 6) is 0.872. The molecule has 0 saturated carbocycles. The van der Waals surface area contributed by atoms with E-state index in [1.54, 1.807) is 7.11 Å². The molecule has 0 spiro atoms. The van der Waals surface area contributed by atoms with Crippen LogP contribution in [0.3, 0.4) is 0 Å². The minimum Gasteiger partial charge on any atom is -0.491 e. The van der Waals surface area contributed by atoms with E-state index < -0.39 is 0 Å². The predicted molar refractivity (Wildman–Crippen MR) is 83.6 cm³/mol. The Morgan fingerprint density at radius 2 is 2.10 bits per heavy atom. The summed E-state index contributed by atoms with van der Waals surface area (Å²) >= 11 is 0. The number of carbonyl (C=O) groups is 1. The highest BCUT2D eigenvalue weighted by molar-refractivity contribution is 5.75. The number of hydrogen-bond acceptors (Lipinski definition) is 4. The van der Waals surface area contributed by atoms with Gasteiger partial charge in [0.1, 0.15) is 12.4 Å². The van der Waals surface area contributed by atoms with Gasteiger partial charge in [0.2, 0.25) is 5.91 Å². The molecule has 21 heavy (non-hydrogen) atoms. The van der Waals surface area contributed by atoms with Gasteiger partial charge in [-0.05, 0) is 38.6 Å². The average molecular weight is 294 g/mol. The van der Waals surface area contributed by atoms with Crippen LogP contribution in [0.1, 0.15) is 24.0 Å². The van der Waals surface area contributed by atoms with E-state index in [-0.39, 0.29) is 5.91 Å². The number of methoxy groups -OCH3 is 1. The SMILES string of the molecule is CNCCCC(=O)NCc1ccc(C)cc1OCCOC. The first-order valence-electron chi connectivity index (χ1n) is 7.30. The van der Waals surface area contributed by atoms with E-state index >= 15 is 0 Å². The molecule has 1 aromatic carbocycles. The topological polar surface area (TPSA) is 59.6 Å². The number of ether oxygens (including phenoxy) is 2. The second kappa shape index (κ2) is 10.2. The second-order valence-electron chi connectivity index (χ2n) is 4.94. The molecular formula is C16H26N2O3. The van der Waals surface area contributed by atoms with Crippen molar-refractivity contribution in [2.75, 3.05) is 33.9 Å². The minimum atomic E-state index is 0.0636. The number of rotatable bonds is 10. The van der Waals surface area contributed by atoms with Crippen molar-refractivity contribution in [1.82, 2.24) is 10.6 Å². The van der Waals surface area contributed by atoms with Crippen LogP contribution in [0, 0.1) is 6.92 Å². The van der Waals surface area contributed by atoms with Crippen molar-refractivity contribution in [2.24, 2.45) is 0 Å². The molecule has 5 heteroatoms. The molecule has 0 unspecified atom stereocenters. The van der Waals surface area contributed by atoms with Crippen LogP contribution in [0.15, 0.2) is 18.2 Å². The molecule has 0 heterocycles. The highest BCUT2D eigenvalue weighted by Gasteiger charge is 2.07. The van der Waals surface area contributed by atoms with Crippen LogP contribution in [0.5, 0.6) is 5.75 Å². The molecule has 0 bridgehead atoms. The van der Waals surface area contributed by atoms with E-state index in [0.717, 1.165) is 29.8 Å². The van der Waals surface area contributed by atoms with Crippen LogP contribution in [0.4, 0.5) is 0 Å². The van der Waals surface area contributed by atoms with Gasteiger partial charge in [-0.2, -0.15) is 0 Å². The molecule has 0 atom stereocenters. The first-order valence-corrected chi connectivity index (χ1v) is 7.30. The van der Waals surface area contributed by atoms with Crippen molar-refractivity contribution in [3.05, 3.63) is 29.3 Å². The van der Waals surface area contributed by atoms with Gasteiger partial charge in [0.15, 0.2) is 0 Å². The Morgan fingerprint density at radius 1 is 1.29 bits per heavy atom. The molecule has 5 nitrogen and oxygen atoms in total. The Balaban J connectivity index is 2.50. The summed E-state index contributed by atoms with van der Waals surface area (Å²) in [6, 6.07) is 6.00. The zero-order valence-electron chi connectivity index (χ0n) is 13.2. The lowest BCUT2D eigenvalue weighted by Crippen LogP contribution is -2.24. The van der Waals surface area contributed by atoms with E-state index in [9.17, 15) is 4.79 Å². The van der Waals surface area contributed by atoms with Crippen molar-refractivity contribution >= 4 is 5.91 Å². The summed E-state index contributed by atoms with van der Waals surface area (Å²) in [7, 11) is 3.53. The smallest absolute Gasteiger partial charge is 0.220 e. The molecule has 0 aliphatic carbocycles. The van der Waals surface area contributed by atoms with E-state index in [1.807, 2.05) is 32.2 Å². The summed E-state index contributed by atoms with van der Waals surface area (Å²) in [4.78, 5) is 11.7. The number of carbonyl (C=O) groups excluding carboxylic acids is 1. The lowest BCUT2D eigenvalue weighted by atomic mass is 10.1. The Bertz CT molecular complexity index is 436. The van der Waals surface area contributed by atoms with Gasteiger partial charge >= 0.3 is 0 Å². The molecular weight excluding hydrogens is 268 g/mol. The van der Waals surface area contributed by atoms with Crippen LogP contribution >= 0.6 is 0 Å². The highest BCUT2D eigenvalue weighted by Crippen LogP contribution is 2.20. The van der Waals surface area contributed by atoms with Crippen LogP contribution in [0.25, 0.3) is 0 Å². The van der Waals surface area contributed by atoms with Gasteiger partial charge in [0.25, 0.3) is 0 Å². The number of aryl methyl sites for hydroxylation is 1. The van der Waals surface area contributed by atoms with Crippen molar-refractivity contribution in [2.45, 2.75) is 26.3 Å². The zero-order chi connectivity index (χ0) is 15.5. The molecule has 0 fully saturated rings. The number of benzene rings is 1. The fourth-order valence-corrected chi connectivity index (χ4v) is 1.89. The summed E-state index contributed by atoms with van der Waals surface area (Å²) in [6.07, 6.45) is 1.37. The molecule has 0 radical (unpaired) electrons. The highest BCUT2D eigenvalue weighted by atomic mass is 16.5. The van der Waals surface area contributed by atoms with E-state index in [4.69, 9.17) is 9.47 Å². The first kappa shape index (κ1) is 17.5. The van der Waals surface area contributed by atoms with Gasteiger partial charge in [-0.25, -0.2) is 0 Å². The quantitative estimate of drug-likeness (QED) is 0.644. The third-order valence-electron chi connectivity index (χ3n) is 3.07. The fourth-order valence-electron chi connectivity index (χ4n) is 1.89. The summed E-state index contributed by atoms with van der Waals surface area (Å²) in [5.41, 5.74) is 2.12. The molecule has 1 amide bonds. The molecule has 0 aliphatic rings. The normalized spacial score (nSPS) is 10.4. The third-order valence-corrected chi connectivity index (χ3v) is 3.07. The maximum Gasteiger partial charge on any atom is 0.220 e. The molecule has 0 aliphatic heterocycles. The Morgan fingerprint density at radius 3 is 2.81 bits per heavy atom. The van der Waals surface area contributed by atoms with Crippen molar-refractivity contribution < 1.29 is 14.3 Å². The maximum atomic E-state index is 11.7. The van der Waals surface area contributed by atoms with Crippen LogP contribution in [-0.2, 0) is 16.1 Å². The van der Waals surface area contributed by atoms with Crippen LogP contribution < -0.4 is 15.4 Å². The Labute approximate surface area is 127 Å². The van der Waals surface area contributed by atoms with E-state index in [2.05, 4.69) is 10.6 Å². The van der Waals surface area contributed by atoms with E-state index in [0.29, 0.717) is 26.2 Å². The van der Waals surface area contributed by atoms with Crippen LogP contribution in [0.2, 0.25) is 0 Å². The monoisotopic (exact) mass is 294 g/mol.